The van der Waals surface area contributed by atoms with Crippen LogP contribution >= 0.6 is 0 Å². The highest BCUT2D eigenvalue weighted by Gasteiger charge is 2.32. The minimum atomic E-state index is -3.51. The molecule has 0 fully saturated rings. The highest BCUT2D eigenvalue weighted by Crippen LogP contribution is 2.37. The van der Waals surface area contributed by atoms with E-state index in [1.165, 1.54) is 4.31 Å². The number of fused-ring (bicyclic) bond motifs is 1. The second kappa shape index (κ2) is 5.71. The zero-order valence-electron chi connectivity index (χ0n) is 12.2. The van der Waals surface area contributed by atoms with Crippen LogP contribution in [0.15, 0.2) is 17.0 Å². The molecule has 0 radical (unpaired) electrons. The van der Waals surface area contributed by atoms with E-state index in [0.717, 1.165) is 11.1 Å². The molecule has 0 amide bonds. The first kappa shape index (κ1) is 15.3. The van der Waals surface area contributed by atoms with Crippen molar-refractivity contribution >= 4 is 10.0 Å². The summed E-state index contributed by atoms with van der Waals surface area (Å²) in [7, 11) is -3.51. The molecule has 2 N–H and O–H groups in total. The van der Waals surface area contributed by atoms with Crippen molar-refractivity contribution < 1.29 is 13.2 Å². The van der Waals surface area contributed by atoms with Gasteiger partial charge in [0.15, 0.2) is 0 Å². The number of nitrogens with zero attached hydrogens (tertiary/aromatic N) is 1. The standard InChI is InChI=1S/C14H22N2O3S/c1-4-16(5-2)20(17,18)13-7-10(3)6-11-8-12(9-15)19-14(11)13/h6-7,12H,4-5,8-9,15H2,1-3H3. The number of sulfonamides is 1. The molecule has 1 aromatic carbocycles. The molecule has 0 aromatic heterocycles. The molecule has 0 aliphatic carbocycles. The number of ether oxygens (including phenoxy) is 1. The van der Waals surface area contributed by atoms with Gasteiger partial charge in [0.1, 0.15) is 16.7 Å². The summed E-state index contributed by atoms with van der Waals surface area (Å²) in [6.07, 6.45) is 0.548. The quantitative estimate of drug-likeness (QED) is 0.889. The summed E-state index contributed by atoms with van der Waals surface area (Å²) in [5.74, 6) is 0.484. The maximum absolute atomic E-state index is 12.7. The molecule has 6 heteroatoms. The Morgan fingerprint density at radius 1 is 1.35 bits per heavy atom. The van der Waals surface area contributed by atoms with E-state index in [9.17, 15) is 8.42 Å². The number of benzene rings is 1. The second-order valence-electron chi connectivity index (χ2n) is 5.02. The highest BCUT2D eigenvalue weighted by atomic mass is 32.2. The molecule has 20 heavy (non-hydrogen) atoms. The largest absolute Gasteiger partial charge is 0.487 e. The fourth-order valence-electron chi connectivity index (χ4n) is 2.58. The lowest BCUT2D eigenvalue weighted by molar-refractivity contribution is 0.236. The van der Waals surface area contributed by atoms with E-state index >= 15 is 0 Å². The van der Waals surface area contributed by atoms with Crippen molar-refractivity contribution in [1.82, 2.24) is 4.31 Å². The molecule has 2 rings (SSSR count). The average Bonchev–Trinajstić information content (AvgIpc) is 2.81. The fourth-order valence-corrected chi connectivity index (χ4v) is 4.28. The lowest BCUT2D eigenvalue weighted by atomic mass is 10.1. The van der Waals surface area contributed by atoms with Crippen molar-refractivity contribution in [3.8, 4) is 5.75 Å². The topological polar surface area (TPSA) is 72.6 Å². The summed E-state index contributed by atoms with van der Waals surface area (Å²) in [5, 5.41) is 0. The van der Waals surface area contributed by atoms with E-state index in [-0.39, 0.29) is 11.0 Å². The molecule has 1 unspecified atom stereocenters. The Balaban J connectivity index is 2.54. The van der Waals surface area contributed by atoms with Crippen LogP contribution in [0.1, 0.15) is 25.0 Å². The van der Waals surface area contributed by atoms with Crippen LogP contribution in [-0.2, 0) is 16.4 Å². The summed E-state index contributed by atoms with van der Waals surface area (Å²) in [4.78, 5) is 0.271. The van der Waals surface area contributed by atoms with Crippen LogP contribution in [0.4, 0.5) is 0 Å². The Hall–Kier alpha value is -1.11. The fraction of sp³-hybridized carbons (Fsp3) is 0.571. The van der Waals surface area contributed by atoms with E-state index in [1.54, 1.807) is 6.07 Å². The predicted octanol–water partition coefficient (Wildman–Crippen LogP) is 1.29. The number of hydrogen-bond donors (Lipinski definition) is 1. The molecule has 5 nitrogen and oxygen atoms in total. The first-order chi connectivity index (χ1) is 9.43. The minimum Gasteiger partial charge on any atom is -0.487 e. The maximum atomic E-state index is 12.7. The first-order valence-electron chi connectivity index (χ1n) is 6.94. The molecular weight excluding hydrogens is 276 g/mol. The van der Waals surface area contributed by atoms with Crippen LogP contribution in [-0.4, -0.2) is 38.5 Å². The lowest BCUT2D eigenvalue weighted by Gasteiger charge is -2.20. The van der Waals surface area contributed by atoms with Gasteiger partial charge in [0.05, 0.1) is 0 Å². The molecule has 0 saturated carbocycles. The zero-order valence-corrected chi connectivity index (χ0v) is 13.0. The van der Waals surface area contributed by atoms with Crippen LogP contribution in [0.5, 0.6) is 5.75 Å². The van der Waals surface area contributed by atoms with Gasteiger partial charge in [-0.25, -0.2) is 8.42 Å². The molecule has 1 aliphatic rings. The molecule has 0 saturated heterocycles. The van der Waals surface area contributed by atoms with Crippen molar-refractivity contribution in [2.24, 2.45) is 5.73 Å². The van der Waals surface area contributed by atoms with Crippen molar-refractivity contribution in [2.75, 3.05) is 19.6 Å². The van der Waals surface area contributed by atoms with Crippen LogP contribution in [0.3, 0.4) is 0 Å². The zero-order chi connectivity index (χ0) is 14.9. The second-order valence-corrected chi connectivity index (χ2v) is 6.93. The van der Waals surface area contributed by atoms with Gasteiger partial charge >= 0.3 is 0 Å². The summed E-state index contributed by atoms with van der Waals surface area (Å²) in [6, 6.07) is 3.66. The molecule has 0 bridgehead atoms. The molecule has 0 spiro atoms. The maximum Gasteiger partial charge on any atom is 0.246 e. The number of hydrogen-bond acceptors (Lipinski definition) is 4. The average molecular weight is 298 g/mol. The van der Waals surface area contributed by atoms with E-state index in [4.69, 9.17) is 10.5 Å². The molecule has 1 atom stereocenters. The van der Waals surface area contributed by atoms with Crippen LogP contribution in [0.2, 0.25) is 0 Å². The summed E-state index contributed by atoms with van der Waals surface area (Å²) >= 11 is 0. The Kier molecular flexibility index (Phi) is 4.36. The van der Waals surface area contributed by atoms with E-state index in [1.807, 2.05) is 26.8 Å². The molecule has 1 aromatic rings. The van der Waals surface area contributed by atoms with Crippen LogP contribution in [0.25, 0.3) is 0 Å². The van der Waals surface area contributed by atoms with Gasteiger partial charge in [-0.1, -0.05) is 19.9 Å². The number of nitrogens with two attached hydrogens (primary N) is 1. The van der Waals surface area contributed by atoms with Gasteiger partial charge in [-0.3, -0.25) is 0 Å². The van der Waals surface area contributed by atoms with Gasteiger partial charge in [-0.2, -0.15) is 4.31 Å². The number of aryl methyl sites for hydroxylation is 1. The highest BCUT2D eigenvalue weighted by molar-refractivity contribution is 7.89. The van der Waals surface area contributed by atoms with E-state index in [0.29, 0.717) is 31.8 Å². The minimum absolute atomic E-state index is 0.127. The van der Waals surface area contributed by atoms with Gasteiger partial charge in [-0.05, 0) is 24.1 Å². The summed E-state index contributed by atoms with van der Waals surface area (Å²) in [6.45, 7) is 6.85. The van der Waals surface area contributed by atoms with Crippen molar-refractivity contribution in [1.29, 1.82) is 0 Å². The van der Waals surface area contributed by atoms with Crippen LogP contribution in [0, 0.1) is 6.92 Å². The van der Waals surface area contributed by atoms with Gasteiger partial charge in [0.2, 0.25) is 10.0 Å². The van der Waals surface area contributed by atoms with E-state index in [2.05, 4.69) is 0 Å². The smallest absolute Gasteiger partial charge is 0.246 e. The van der Waals surface area contributed by atoms with Crippen molar-refractivity contribution in [2.45, 2.75) is 38.2 Å². The summed E-state index contributed by atoms with van der Waals surface area (Å²) < 4.78 is 32.6. The third kappa shape index (κ3) is 2.55. The Bertz CT molecular complexity index is 595. The Morgan fingerprint density at radius 2 is 2.00 bits per heavy atom. The molecule has 112 valence electrons. The van der Waals surface area contributed by atoms with Crippen molar-refractivity contribution in [3.05, 3.63) is 23.3 Å². The monoisotopic (exact) mass is 298 g/mol. The third-order valence-corrected chi connectivity index (χ3v) is 5.65. The van der Waals surface area contributed by atoms with Crippen molar-refractivity contribution in [3.63, 3.8) is 0 Å². The third-order valence-electron chi connectivity index (χ3n) is 3.59. The first-order valence-corrected chi connectivity index (χ1v) is 8.38. The van der Waals surface area contributed by atoms with E-state index < -0.39 is 10.0 Å². The molecule has 1 aliphatic heterocycles. The van der Waals surface area contributed by atoms with Gasteiger partial charge in [-0.15, -0.1) is 0 Å². The Labute approximate surface area is 120 Å². The van der Waals surface area contributed by atoms with Gasteiger partial charge in [0, 0.05) is 26.1 Å². The molecular formula is C14H22N2O3S. The summed E-state index contributed by atoms with van der Waals surface area (Å²) in [5.41, 5.74) is 7.50. The SMILES string of the molecule is CCN(CC)S(=O)(=O)c1cc(C)cc2c1OC(CN)C2. The predicted molar refractivity (Wildman–Crippen MR) is 78.5 cm³/mol. The normalized spacial score (nSPS) is 18.1. The van der Waals surface area contributed by atoms with Gasteiger partial charge < -0.3 is 10.5 Å². The number of rotatable bonds is 5. The van der Waals surface area contributed by atoms with Gasteiger partial charge in [0.25, 0.3) is 0 Å². The molecule has 1 heterocycles. The Morgan fingerprint density at radius 3 is 2.55 bits per heavy atom. The van der Waals surface area contributed by atoms with Crippen LogP contribution < -0.4 is 10.5 Å². The lowest BCUT2D eigenvalue weighted by Crippen LogP contribution is -2.31.